The Hall–Kier alpha value is -2.05. The summed E-state index contributed by atoms with van der Waals surface area (Å²) >= 11 is 4.53. The normalized spacial score (nSPS) is 14.9. The van der Waals surface area contributed by atoms with Crippen LogP contribution in [-0.4, -0.2) is 42.8 Å². The van der Waals surface area contributed by atoms with Crippen molar-refractivity contribution in [2.24, 2.45) is 5.11 Å². The van der Waals surface area contributed by atoms with Gasteiger partial charge in [-0.1, -0.05) is 5.11 Å². The quantitative estimate of drug-likeness (QED) is 0.379. The first-order valence-electron chi connectivity index (χ1n) is 8.27. The van der Waals surface area contributed by atoms with Crippen LogP contribution in [-0.2, 0) is 11.3 Å². The lowest BCUT2D eigenvalue weighted by Gasteiger charge is -2.37. The molecule has 7 nitrogen and oxygen atoms in total. The molecular weight excluding hydrogens is 338 g/mol. The van der Waals surface area contributed by atoms with Crippen LogP contribution in [0.1, 0.15) is 31.9 Å². The summed E-state index contributed by atoms with van der Waals surface area (Å²) in [6.07, 6.45) is -0.269. The van der Waals surface area contributed by atoms with Crippen LogP contribution in [0.25, 0.3) is 10.4 Å². The van der Waals surface area contributed by atoms with Gasteiger partial charge in [0.15, 0.2) is 0 Å². The SMILES string of the molecule is Cc1c(S)cc(N2CCN(C(=O)OC(C)(C)C)CC2)cc1CN=[N+]=[N-]. The van der Waals surface area contributed by atoms with Crippen LogP contribution >= 0.6 is 12.6 Å². The van der Waals surface area contributed by atoms with Crippen molar-refractivity contribution in [1.82, 2.24) is 4.90 Å². The summed E-state index contributed by atoms with van der Waals surface area (Å²) in [7, 11) is 0. The van der Waals surface area contributed by atoms with E-state index in [1.807, 2.05) is 39.8 Å². The number of piperazine rings is 1. The van der Waals surface area contributed by atoms with Gasteiger partial charge < -0.3 is 14.5 Å². The third kappa shape index (κ3) is 5.21. The van der Waals surface area contributed by atoms with E-state index in [1.54, 1.807) is 4.90 Å². The van der Waals surface area contributed by atoms with Gasteiger partial charge in [-0.25, -0.2) is 4.79 Å². The van der Waals surface area contributed by atoms with E-state index in [2.05, 4.69) is 27.6 Å². The Labute approximate surface area is 154 Å². The molecule has 1 amide bonds. The van der Waals surface area contributed by atoms with Crippen molar-refractivity contribution in [3.8, 4) is 0 Å². The van der Waals surface area contributed by atoms with E-state index in [-0.39, 0.29) is 6.09 Å². The van der Waals surface area contributed by atoms with E-state index in [1.165, 1.54) is 0 Å². The summed E-state index contributed by atoms with van der Waals surface area (Å²) in [6.45, 7) is 10.5. The van der Waals surface area contributed by atoms with Gasteiger partial charge in [0.05, 0.1) is 6.54 Å². The predicted octanol–water partition coefficient (Wildman–Crippen LogP) is 4.15. The largest absolute Gasteiger partial charge is 0.444 e. The third-order valence-corrected chi connectivity index (χ3v) is 4.54. The molecule has 0 unspecified atom stereocenters. The van der Waals surface area contributed by atoms with Crippen molar-refractivity contribution < 1.29 is 9.53 Å². The molecule has 0 aliphatic carbocycles. The summed E-state index contributed by atoms with van der Waals surface area (Å²) < 4.78 is 5.43. The minimum atomic E-state index is -0.484. The van der Waals surface area contributed by atoms with E-state index in [9.17, 15) is 4.79 Å². The van der Waals surface area contributed by atoms with Crippen LogP contribution in [0.3, 0.4) is 0 Å². The molecular formula is C17H25N5O2S. The second-order valence-corrected chi connectivity index (χ2v) is 7.57. The summed E-state index contributed by atoms with van der Waals surface area (Å²) in [5.41, 5.74) is 11.1. The maximum Gasteiger partial charge on any atom is 0.410 e. The Morgan fingerprint density at radius 3 is 2.52 bits per heavy atom. The molecule has 0 bridgehead atoms. The fraction of sp³-hybridized carbons (Fsp3) is 0.588. The number of anilines is 1. The topological polar surface area (TPSA) is 81.5 Å². The minimum absolute atomic E-state index is 0.269. The molecule has 1 saturated heterocycles. The van der Waals surface area contributed by atoms with Crippen LogP contribution in [0, 0.1) is 6.92 Å². The monoisotopic (exact) mass is 363 g/mol. The Morgan fingerprint density at radius 1 is 1.32 bits per heavy atom. The van der Waals surface area contributed by atoms with Gasteiger partial charge in [0.1, 0.15) is 5.60 Å². The highest BCUT2D eigenvalue weighted by Gasteiger charge is 2.26. The molecule has 0 radical (unpaired) electrons. The van der Waals surface area contributed by atoms with Crippen molar-refractivity contribution in [3.63, 3.8) is 0 Å². The van der Waals surface area contributed by atoms with Gasteiger partial charge >= 0.3 is 6.09 Å². The number of nitrogens with zero attached hydrogens (tertiary/aromatic N) is 5. The molecule has 0 atom stereocenters. The van der Waals surface area contributed by atoms with E-state index in [0.717, 1.165) is 34.8 Å². The molecule has 0 saturated carbocycles. The molecule has 2 rings (SSSR count). The first-order chi connectivity index (χ1) is 11.7. The number of azide groups is 1. The third-order valence-electron chi connectivity index (χ3n) is 4.07. The highest BCUT2D eigenvalue weighted by molar-refractivity contribution is 7.80. The van der Waals surface area contributed by atoms with Gasteiger partial charge in [-0.05, 0) is 56.5 Å². The van der Waals surface area contributed by atoms with Crippen LogP contribution in [0.15, 0.2) is 22.1 Å². The zero-order valence-electron chi connectivity index (χ0n) is 15.2. The smallest absolute Gasteiger partial charge is 0.410 e. The second kappa shape index (κ2) is 7.89. The van der Waals surface area contributed by atoms with Crippen molar-refractivity contribution >= 4 is 24.4 Å². The Bertz CT molecular complexity index is 687. The molecule has 1 aliphatic heterocycles. The maximum atomic E-state index is 12.2. The number of hydrogen-bond donors (Lipinski definition) is 1. The summed E-state index contributed by atoms with van der Waals surface area (Å²) in [5.74, 6) is 0. The van der Waals surface area contributed by atoms with E-state index < -0.39 is 5.60 Å². The maximum absolute atomic E-state index is 12.2. The fourth-order valence-electron chi connectivity index (χ4n) is 2.67. The number of carbonyl (C=O) groups excluding carboxylic acids is 1. The number of rotatable bonds is 3. The standard InChI is InChI=1S/C17H25N5O2S/c1-12-13(11-19-20-18)9-14(10-15(12)25)21-5-7-22(8-6-21)16(23)24-17(2,3)4/h9-10,25H,5-8,11H2,1-4H3. The van der Waals surface area contributed by atoms with Crippen molar-refractivity contribution in [1.29, 1.82) is 0 Å². The van der Waals surface area contributed by atoms with Crippen molar-refractivity contribution in [2.45, 2.75) is 44.7 Å². The Morgan fingerprint density at radius 2 is 1.96 bits per heavy atom. The lowest BCUT2D eigenvalue weighted by atomic mass is 10.1. The average Bonchev–Trinajstić information content (AvgIpc) is 2.54. The molecule has 25 heavy (non-hydrogen) atoms. The molecule has 1 aromatic carbocycles. The van der Waals surface area contributed by atoms with E-state index >= 15 is 0 Å². The predicted molar refractivity (Wildman–Crippen MR) is 101 cm³/mol. The number of thiol groups is 1. The number of carbonyl (C=O) groups is 1. The molecule has 1 heterocycles. The first-order valence-corrected chi connectivity index (χ1v) is 8.72. The zero-order valence-corrected chi connectivity index (χ0v) is 16.1. The Kier molecular flexibility index (Phi) is 6.08. The number of amides is 1. The average molecular weight is 363 g/mol. The van der Waals surface area contributed by atoms with Gasteiger partial charge in [0, 0.05) is 41.7 Å². The zero-order chi connectivity index (χ0) is 18.6. The highest BCUT2D eigenvalue weighted by atomic mass is 32.1. The molecule has 0 N–H and O–H groups in total. The number of hydrogen-bond acceptors (Lipinski definition) is 5. The highest BCUT2D eigenvalue weighted by Crippen LogP contribution is 2.27. The first kappa shape index (κ1) is 19.3. The molecule has 136 valence electrons. The second-order valence-electron chi connectivity index (χ2n) is 7.09. The summed E-state index contributed by atoms with van der Waals surface area (Å²) in [5, 5.41) is 3.66. The molecule has 0 aromatic heterocycles. The molecule has 1 aliphatic rings. The van der Waals surface area contributed by atoms with Crippen LogP contribution < -0.4 is 4.90 Å². The van der Waals surface area contributed by atoms with Crippen LogP contribution in [0.2, 0.25) is 0 Å². The lowest BCUT2D eigenvalue weighted by molar-refractivity contribution is 0.0240. The number of benzene rings is 1. The van der Waals surface area contributed by atoms with Gasteiger partial charge in [-0.2, -0.15) is 0 Å². The van der Waals surface area contributed by atoms with Crippen LogP contribution in [0.5, 0.6) is 0 Å². The fourth-order valence-corrected chi connectivity index (χ4v) is 2.95. The molecule has 1 aromatic rings. The number of ether oxygens (including phenoxy) is 1. The Balaban J connectivity index is 2.06. The van der Waals surface area contributed by atoms with E-state index in [4.69, 9.17) is 10.3 Å². The lowest BCUT2D eigenvalue weighted by Crippen LogP contribution is -2.50. The van der Waals surface area contributed by atoms with Gasteiger partial charge in [0.25, 0.3) is 0 Å². The minimum Gasteiger partial charge on any atom is -0.444 e. The molecule has 0 spiro atoms. The van der Waals surface area contributed by atoms with Gasteiger partial charge in [-0.3, -0.25) is 0 Å². The van der Waals surface area contributed by atoms with Gasteiger partial charge in [0.2, 0.25) is 0 Å². The molecule has 1 fully saturated rings. The van der Waals surface area contributed by atoms with Crippen molar-refractivity contribution in [3.05, 3.63) is 33.7 Å². The summed E-state index contributed by atoms with van der Waals surface area (Å²) in [6, 6.07) is 4.05. The van der Waals surface area contributed by atoms with Gasteiger partial charge in [-0.15, -0.1) is 12.6 Å². The van der Waals surface area contributed by atoms with Crippen molar-refractivity contribution in [2.75, 3.05) is 31.1 Å². The summed E-state index contributed by atoms with van der Waals surface area (Å²) in [4.78, 5) is 19.8. The van der Waals surface area contributed by atoms with Crippen LogP contribution in [0.4, 0.5) is 10.5 Å². The van der Waals surface area contributed by atoms with E-state index in [0.29, 0.717) is 19.6 Å². The molecule has 8 heteroatoms.